The molecule has 0 aliphatic carbocycles. The van der Waals surface area contributed by atoms with E-state index >= 15 is 0 Å². The summed E-state index contributed by atoms with van der Waals surface area (Å²) in [6, 6.07) is 20.5. The fourth-order valence-electron chi connectivity index (χ4n) is 3.14. The van der Waals surface area contributed by atoms with Gasteiger partial charge in [0.25, 0.3) is 5.91 Å². The molecule has 0 fully saturated rings. The Balaban J connectivity index is 1.62. The zero-order valence-electron chi connectivity index (χ0n) is 18.0. The molecule has 3 rings (SSSR count). The Hall–Kier alpha value is -3.67. The molecule has 162 valence electrons. The minimum absolute atomic E-state index is 0.144. The number of carbonyl (C=O) groups is 1. The van der Waals surface area contributed by atoms with Crippen molar-refractivity contribution in [2.45, 2.75) is 13.0 Å². The molecular formula is C25H27NO5. The molecule has 0 saturated carbocycles. The number of para-hydroxylation sites is 2. The zero-order valence-corrected chi connectivity index (χ0v) is 18.0. The highest BCUT2D eigenvalue weighted by Gasteiger charge is 2.12. The van der Waals surface area contributed by atoms with Gasteiger partial charge in [0.05, 0.1) is 21.3 Å². The van der Waals surface area contributed by atoms with Crippen molar-refractivity contribution in [3.05, 3.63) is 83.4 Å². The number of methoxy groups -OCH3 is 3. The maximum atomic E-state index is 12.6. The maximum Gasteiger partial charge on any atom is 0.251 e. The molecule has 3 aromatic rings. The van der Waals surface area contributed by atoms with Crippen LogP contribution < -0.4 is 24.3 Å². The predicted octanol–water partition coefficient (Wildman–Crippen LogP) is 4.26. The van der Waals surface area contributed by atoms with E-state index in [1.54, 1.807) is 39.5 Å². The van der Waals surface area contributed by atoms with Crippen LogP contribution in [0.2, 0.25) is 0 Å². The van der Waals surface area contributed by atoms with Gasteiger partial charge in [-0.1, -0.05) is 24.3 Å². The Bertz CT molecular complexity index is 1000. The minimum atomic E-state index is -0.144. The van der Waals surface area contributed by atoms with Gasteiger partial charge in [-0.3, -0.25) is 4.79 Å². The smallest absolute Gasteiger partial charge is 0.251 e. The molecular weight excluding hydrogens is 394 g/mol. The molecule has 6 nitrogen and oxygen atoms in total. The molecule has 0 aliphatic rings. The largest absolute Gasteiger partial charge is 0.497 e. The van der Waals surface area contributed by atoms with Crippen LogP contribution in [0.5, 0.6) is 23.0 Å². The highest BCUT2D eigenvalue weighted by molar-refractivity contribution is 5.94. The van der Waals surface area contributed by atoms with Crippen LogP contribution in [0.1, 0.15) is 21.5 Å². The van der Waals surface area contributed by atoms with Crippen molar-refractivity contribution >= 4 is 5.91 Å². The van der Waals surface area contributed by atoms with E-state index in [2.05, 4.69) is 5.32 Å². The van der Waals surface area contributed by atoms with Gasteiger partial charge in [-0.25, -0.2) is 0 Å². The molecule has 6 heteroatoms. The average Bonchev–Trinajstić information content (AvgIpc) is 2.83. The summed E-state index contributed by atoms with van der Waals surface area (Å²) >= 11 is 0. The molecule has 3 aromatic carbocycles. The first-order valence-corrected chi connectivity index (χ1v) is 9.98. The van der Waals surface area contributed by atoms with Crippen LogP contribution in [0.3, 0.4) is 0 Å². The van der Waals surface area contributed by atoms with Crippen LogP contribution in [0.4, 0.5) is 0 Å². The average molecular weight is 421 g/mol. The van der Waals surface area contributed by atoms with E-state index in [9.17, 15) is 4.79 Å². The van der Waals surface area contributed by atoms with Crippen molar-refractivity contribution in [2.24, 2.45) is 0 Å². The molecule has 0 aromatic heterocycles. The van der Waals surface area contributed by atoms with Gasteiger partial charge in [-0.15, -0.1) is 0 Å². The van der Waals surface area contributed by atoms with Gasteiger partial charge < -0.3 is 24.3 Å². The van der Waals surface area contributed by atoms with Crippen LogP contribution in [-0.4, -0.2) is 33.8 Å². The Labute approximate surface area is 182 Å². The van der Waals surface area contributed by atoms with Crippen LogP contribution in [0.25, 0.3) is 0 Å². The number of carbonyl (C=O) groups excluding carboxylic acids is 1. The summed E-state index contributed by atoms with van der Waals surface area (Å²) < 4.78 is 21.8. The molecule has 1 amide bonds. The summed E-state index contributed by atoms with van der Waals surface area (Å²) in [5, 5.41) is 2.96. The van der Waals surface area contributed by atoms with Crippen molar-refractivity contribution in [3.63, 3.8) is 0 Å². The molecule has 0 radical (unpaired) electrons. The van der Waals surface area contributed by atoms with Gasteiger partial charge in [0.1, 0.15) is 18.1 Å². The van der Waals surface area contributed by atoms with Crippen LogP contribution in [-0.2, 0) is 13.0 Å². The molecule has 0 spiro atoms. The van der Waals surface area contributed by atoms with E-state index < -0.39 is 0 Å². The first-order valence-electron chi connectivity index (χ1n) is 9.98. The number of benzene rings is 3. The number of rotatable bonds is 10. The SMILES string of the molecule is COc1ccc(CCNC(=O)c2ccc(OC)c(COc3ccccc3OC)c2)cc1. The van der Waals surface area contributed by atoms with Crippen molar-refractivity contribution in [3.8, 4) is 23.0 Å². The third-order valence-corrected chi connectivity index (χ3v) is 4.85. The summed E-state index contributed by atoms with van der Waals surface area (Å²) in [7, 11) is 4.83. The van der Waals surface area contributed by atoms with Gasteiger partial charge in [-0.05, 0) is 54.4 Å². The highest BCUT2D eigenvalue weighted by Crippen LogP contribution is 2.28. The number of amides is 1. The lowest BCUT2D eigenvalue weighted by molar-refractivity contribution is 0.0954. The summed E-state index contributed by atoms with van der Waals surface area (Å²) in [5.74, 6) is 2.60. The third-order valence-electron chi connectivity index (χ3n) is 4.85. The van der Waals surface area contributed by atoms with Crippen molar-refractivity contribution in [1.82, 2.24) is 5.32 Å². The molecule has 31 heavy (non-hydrogen) atoms. The second-order valence-electron chi connectivity index (χ2n) is 6.82. The van der Waals surface area contributed by atoms with Crippen LogP contribution in [0, 0.1) is 0 Å². The zero-order chi connectivity index (χ0) is 22.1. The first-order chi connectivity index (χ1) is 15.1. The lowest BCUT2D eigenvalue weighted by Gasteiger charge is -2.14. The van der Waals surface area contributed by atoms with Gasteiger partial charge in [-0.2, -0.15) is 0 Å². The topological polar surface area (TPSA) is 66.0 Å². The fourth-order valence-corrected chi connectivity index (χ4v) is 3.14. The van der Waals surface area contributed by atoms with Crippen molar-refractivity contribution in [1.29, 1.82) is 0 Å². The number of nitrogens with one attached hydrogen (secondary N) is 1. The molecule has 0 heterocycles. The fraction of sp³-hybridized carbons (Fsp3) is 0.240. The summed E-state index contributed by atoms with van der Waals surface area (Å²) in [5.41, 5.74) is 2.45. The molecule has 0 saturated heterocycles. The van der Waals surface area contributed by atoms with E-state index in [4.69, 9.17) is 18.9 Å². The Morgan fingerprint density at radius 3 is 2.19 bits per heavy atom. The standard InChI is InChI=1S/C25H27NO5/c1-28-21-11-8-18(9-12-21)14-15-26-25(27)19-10-13-22(29-2)20(16-19)17-31-24-7-5-4-6-23(24)30-3/h4-13,16H,14-15,17H2,1-3H3,(H,26,27). The van der Waals surface area contributed by atoms with Crippen molar-refractivity contribution in [2.75, 3.05) is 27.9 Å². The van der Waals surface area contributed by atoms with Gasteiger partial charge in [0, 0.05) is 17.7 Å². The molecule has 0 unspecified atom stereocenters. The first kappa shape index (κ1) is 22.0. The van der Waals surface area contributed by atoms with Crippen LogP contribution >= 0.6 is 0 Å². The van der Waals surface area contributed by atoms with Crippen LogP contribution in [0.15, 0.2) is 66.7 Å². The quantitative estimate of drug-likeness (QED) is 0.530. The Kier molecular flexibility index (Phi) is 7.76. The monoisotopic (exact) mass is 421 g/mol. The number of hydrogen-bond acceptors (Lipinski definition) is 5. The second kappa shape index (κ2) is 10.9. The third kappa shape index (κ3) is 5.92. The number of hydrogen-bond donors (Lipinski definition) is 1. The normalized spacial score (nSPS) is 10.3. The lowest BCUT2D eigenvalue weighted by Crippen LogP contribution is -2.25. The second-order valence-corrected chi connectivity index (χ2v) is 6.82. The molecule has 0 atom stereocenters. The van der Waals surface area contributed by atoms with Gasteiger partial charge in [0.2, 0.25) is 0 Å². The summed E-state index contributed by atoms with van der Waals surface area (Å²) in [4.78, 5) is 12.6. The Morgan fingerprint density at radius 2 is 1.52 bits per heavy atom. The predicted molar refractivity (Wildman–Crippen MR) is 119 cm³/mol. The highest BCUT2D eigenvalue weighted by atomic mass is 16.5. The molecule has 0 bridgehead atoms. The van der Waals surface area contributed by atoms with Gasteiger partial charge in [0.15, 0.2) is 11.5 Å². The number of ether oxygens (including phenoxy) is 4. The van der Waals surface area contributed by atoms with Gasteiger partial charge >= 0.3 is 0 Å². The van der Waals surface area contributed by atoms with E-state index in [1.807, 2.05) is 48.5 Å². The lowest BCUT2D eigenvalue weighted by atomic mass is 10.1. The summed E-state index contributed by atoms with van der Waals surface area (Å²) in [6.45, 7) is 0.779. The van der Waals surface area contributed by atoms with E-state index in [1.165, 1.54) is 0 Å². The van der Waals surface area contributed by atoms with E-state index in [0.717, 1.165) is 23.3 Å². The molecule has 1 N–H and O–H groups in total. The maximum absolute atomic E-state index is 12.6. The van der Waals surface area contributed by atoms with Crippen molar-refractivity contribution < 1.29 is 23.7 Å². The molecule has 0 aliphatic heterocycles. The Morgan fingerprint density at radius 1 is 0.806 bits per heavy atom. The summed E-state index contributed by atoms with van der Waals surface area (Å²) in [6.07, 6.45) is 0.732. The minimum Gasteiger partial charge on any atom is -0.497 e. The van der Waals surface area contributed by atoms with E-state index in [-0.39, 0.29) is 12.5 Å². The van der Waals surface area contributed by atoms with E-state index in [0.29, 0.717) is 29.4 Å².